The van der Waals surface area contributed by atoms with Crippen LogP contribution in [0.1, 0.15) is 46.0 Å². The van der Waals surface area contributed by atoms with Gasteiger partial charge in [-0.1, -0.05) is 30.7 Å². The van der Waals surface area contributed by atoms with E-state index in [2.05, 4.69) is 4.99 Å². The minimum Gasteiger partial charge on any atom is -0.393 e. The van der Waals surface area contributed by atoms with Crippen LogP contribution >= 0.6 is 0 Å². The van der Waals surface area contributed by atoms with Crippen LogP contribution < -0.4 is 4.90 Å². The van der Waals surface area contributed by atoms with Crippen LogP contribution in [0.4, 0.5) is 10.5 Å². The predicted octanol–water partition coefficient (Wildman–Crippen LogP) is 3.47. The highest BCUT2D eigenvalue weighted by Gasteiger charge is 2.68. The number of rotatable bonds is 4. The summed E-state index contributed by atoms with van der Waals surface area (Å²) in [6.07, 6.45) is 2.91. The van der Waals surface area contributed by atoms with E-state index < -0.39 is 29.4 Å². The molecule has 0 spiro atoms. The average Bonchev–Trinajstić information content (AvgIpc) is 3.57. The summed E-state index contributed by atoms with van der Waals surface area (Å²) in [6, 6.07) is 8.94. The molecule has 5 aliphatic rings. The first kappa shape index (κ1) is 21.3. The van der Waals surface area contributed by atoms with Crippen molar-refractivity contribution in [1.82, 2.24) is 4.90 Å². The van der Waals surface area contributed by atoms with Crippen molar-refractivity contribution >= 4 is 35.4 Å². The third-order valence-electron chi connectivity index (χ3n) is 8.21. The zero-order valence-corrected chi connectivity index (χ0v) is 19.3. The summed E-state index contributed by atoms with van der Waals surface area (Å²) in [5.41, 5.74) is 0.757. The molecule has 1 aromatic carbocycles. The molecule has 6 rings (SSSR count). The first-order valence-electron chi connectivity index (χ1n) is 12.1. The first-order valence-corrected chi connectivity index (χ1v) is 12.1. The van der Waals surface area contributed by atoms with Crippen LogP contribution in [0.3, 0.4) is 0 Å². The molecule has 0 radical (unpaired) electrons. The maximum atomic E-state index is 13.9. The molecule has 4 atom stereocenters. The number of fused-ring (bicyclic) bond motifs is 5. The van der Waals surface area contributed by atoms with E-state index in [-0.39, 0.29) is 23.6 Å². The standard InChI is InChI=1S/C26H27N3O5/c1-3-16-17-11-12-18-19(23(32)28(21(18)30)15-7-5-4-6-8-15)20(17)26(2)24(27-13-14-9-10-14)34-25(33)29(26)22(16)31/h4-8,14,18-20H,3,9-13H2,1-2H3/t18?,19?,20?,26-/m0/s1. The summed E-state index contributed by atoms with van der Waals surface area (Å²) in [7, 11) is 0. The Kier molecular flexibility index (Phi) is 4.60. The molecular formula is C26H27N3O5. The second kappa shape index (κ2) is 7.35. The molecule has 34 heavy (non-hydrogen) atoms. The lowest BCUT2D eigenvalue weighted by Gasteiger charge is -2.48. The van der Waals surface area contributed by atoms with Gasteiger partial charge in [-0.3, -0.25) is 24.3 Å². The SMILES string of the molecule is CCC1=C2CCC3C(=O)N(c4ccccc4)C(=O)C3C2[C@@]2(C)C(=NCC3CC3)OC(=O)N2C1=O. The second-order valence-corrected chi connectivity index (χ2v) is 10.1. The van der Waals surface area contributed by atoms with Gasteiger partial charge in [0.15, 0.2) is 0 Å². The summed E-state index contributed by atoms with van der Waals surface area (Å²) in [6.45, 7) is 4.20. The summed E-state index contributed by atoms with van der Waals surface area (Å²) in [4.78, 5) is 60.9. The van der Waals surface area contributed by atoms with Gasteiger partial charge < -0.3 is 4.74 Å². The Morgan fingerprint density at radius 2 is 1.79 bits per heavy atom. The Balaban J connectivity index is 1.51. The van der Waals surface area contributed by atoms with Gasteiger partial charge in [-0.05, 0) is 57.1 Å². The summed E-state index contributed by atoms with van der Waals surface area (Å²) < 4.78 is 5.60. The normalized spacial score (nSPS) is 33.9. The number of nitrogens with zero attached hydrogens (tertiary/aromatic N) is 3. The number of imide groups is 2. The Hall–Kier alpha value is -3.29. The number of aliphatic imine (C=N–C) groups is 1. The molecule has 3 aliphatic heterocycles. The van der Waals surface area contributed by atoms with Crippen molar-refractivity contribution in [3.05, 3.63) is 41.5 Å². The molecule has 0 aromatic heterocycles. The minimum absolute atomic E-state index is 0.203. The van der Waals surface area contributed by atoms with Crippen molar-refractivity contribution in [1.29, 1.82) is 0 Å². The van der Waals surface area contributed by atoms with Crippen LogP contribution in [-0.2, 0) is 19.1 Å². The number of para-hydroxylation sites is 1. The molecule has 4 fully saturated rings. The zero-order valence-electron chi connectivity index (χ0n) is 19.3. The van der Waals surface area contributed by atoms with Crippen LogP contribution in [0, 0.1) is 23.7 Å². The lowest BCUT2D eigenvalue weighted by molar-refractivity contribution is -0.133. The molecule has 2 aliphatic carbocycles. The zero-order chi connectivity index (χ0) is 23.8. The maximum absolute atomic E-state index is 13.9. The van der Waals surface area contributed by atoms with E-state index in [9.17, 15) is 19.2 Å². The fraction of sp³-hybridized carbons (Fsp3) is 0.500. The lowest BCUT2D eigenvalue weighted by atomic mass is 9.59. The van der Waals surface area contributed by atoms with Crippen LogP contribution in [0.25, 0.3) is 0 Å². The quantitative estimate of drug-likeness (QED) is 0.640. The Labute approximate surface area is 197 Å². The number of benzene rings is 1. The van der Waals surface area contributed by atoms with Gasteiger partial charge in [-0.25, -0.2) is 9.69 Å². The molecule has 3 unspecified atom stereocenters. The fourth-order valence-electron chi connectivity index (χ4n) is 6.41. The second-order valence-electron chi connectivity index (χ2n) is 10.1. The first-order chi connectivity index (χ1) is 16.4. The summed E-state index contributed by atoms with van der Waals surface area (Å²) in [5, 5.41) is 0. The van der Waals surface area contributed by atoms with E-state index in [1.165, 1.54) is 4.90 Å². The van der Waals surface area contributed by atoms with Gasteiger partial charge in [0.1, 0.15) is 5.54 Å². The number of anilines is 1. The summed E-state index contributed by atoms with van der Waals surface area (Å²) in [5.74, 6) is -1.92. The number of carbonyl (C=O) groups is 4. The molecule has 0 bridgehead atoms. The molecule has 8 heteroatoms. The average molecular weight is 462 g/mol. The lowest BCUT2D eigenvalue weighted by Crippen LogP contribution is -2.63. The van der Waals surface area contributed by atoms with Gasteiger partial charge in [0, 0.05) is 18.0 Å². The van der Waals surface area contributed by atoms with Gasteiger partial charge in [-0.15, -0.1) is 0 Å². The van der Waals surface area contributed by atoms with Crippen molar-refractivity contribution in [2.45, 2.75) is 51.5 Å². The van der Waals surface area contributed by atoms with E-state index in [1.807, 2.05) is 13.0 Å². The van der Waals surface area contributed by atoms with E-state index in [4.69, 9.17) is 4.74 Å². The molecule has 3 heterocycles. The number of cyclic esters (lactones) is 1. The Morgan fingerprint density at radius 1 is 1.06 bits per heavy atom. The molecular weight excluding hydrogens is 434 g/mol. The molecule has 4 amide bonds. The van der Waals surface area contributed by atoms with Crippen molar-refractivity contribution < 1.29 is 23.9 Å². The Bertz CT molecular complexity index is 1180. The minimum atomic E-state index is -1.22. The third-order valence-corrected chi connectivity index (χ3v) is 8.21. The predicted molar refractivity (Wildman–Crippen MR) is 123 cm³/mol. The van der Waals surface area contributed by atoms with Gasteiger partial charge in [-0.2, -0.15) is 0 Å². The van der Waals surface area contributed by atoms with E-state index in [0.717, 1.165) is 23.3 Å². The summed E-state index contributed by atoms with van der Waals surface area (Å²) >= 11 is 0. The van der Waals surface area contributed by atoms with Gasteiger partial charge in [0.2, 0.25) is 17.7 Å². The number of carbonyl (C=O) groups excluding carboxylic acids is 4. The van der Waals surface area contributed by atoms with Crippen LogP contribution in [0.15, 0.2) is 46.5 Å². The van der Waals surface area contributed by atoms with Crippen LogP contribution in [0.2, 0.25) is 0 Å². The van der Waals surface area contributed by atoms with Gasteiger partial charge in [0.25, 0.3) is 5.91 Å². The molecule has 176 valence electrons. The molecule has 0 N–H and O–H groups in total. The van der Waals surface area contributed by atoms with Crippen LogP contribution in [0.5, 0.6) is 0 Å². The van der Waals surface area contributed by atoms with Crippen molar-refractivity contribution in [3.8, 4) is 0 Å². The highest BCUT2D eigenvalue weighted by molar-refractivity contribution is 6.23. The molecule has 2 saturated carbocycles. The van der Waals surface area contributed by atoms with E-state index >= 15 is 0 Å². The highest BCUT2D eigenvalue weighted by Crippen LogP contribution is 2.56. The molecule has 8 nitrogen and oxygen atoms in total. The van der Waals surface area contributed by atoms with Crippen molar-refractivity contribution in [2.75, 3.05) is 11.4 Å². The topological polar surface area (TPSA) is 96.3 Å². The largest absolute Gasteiger partial charge is 0.424 e. The smallest absolute Gasteiger partial charge is 0.393 e. The monoisotopic (exact) mass is 461 g/mol. The molecule has 2 saturated heterocycles. The highest BCUT2D eigenvalue weighted by atomic mass is 16.6. The van der Waals surface area contributed by atoms with E-state index in [0.29, 0.717) is 43.0 Å². The number of ether oxygens (including phenoxy) is 1. The van der Waals surface area contributed by atoms with Gasteiger partial charge in [0.05, 0.1) is 17.5 Å². The maximum Gasteiger partial charge on any atom is 0.424 e. The molecule has 1 aromatic rings. The third kappa shape index (κ3) is 2.74. The number of hydrogen-bond donors (Lipinski definition) is 0. The van der Waals surface area contributed by atoms with Crippen molar-refractivity contribution in [2.24, 2.45) is 28.7 Å². The van der Waals surface area contributed by atoms with Gasteiger partial charge >= 0.3 is 6.09 Å². The van der Waals surface area contributed by atoms with Crippen molar-refractivity contribution in [3.63, 3.8) is 0 Å². The van der Waals surface area contributed by atoms with Crippen LogP contribution in [-0.4, -0.2) is 46.7 Å². The number of amides is 4. The number of hydrogen-bond acceptors (Lipinski definition) is 6. The fourth-order valence-corrected chi connectivity index (χ4v) is 6.41. The Morgan fingerprint density at radius 3 is 2.47 bits per heavy atom. The van der Waals surface area contributed by atoms with E-state index in [1.54, 1.807) is 31.2 Å².